The molecule has 1 fully saturated rings. The number of nitrogens with one attached hydrogen (secondary N) is 1. The van der Waals surface area contributed by atoms with Crippen LogP contribution in [0.3, 0.4) is 0 Å². The van der Waals surface area contributed by atoms with Gasteiger partial charge in [-0.3, -0.25) is 0 Å². The number of rotatable bonds is 2. The summed E-state index contributed by atoms with van der Waals surface area (Å²) in [4.78, 5) is 0. The SMILES string of the molecule is Cn1cc(CC2CNCCC2O)c2ccc(Br)cc21. The quantitative estimate of drug-likeness (QED) is 0.891. The van der Waals surface area contributed by atoms with Gasteiger partial charge in [0.2, 0.25) is 0 Å². The van der Waals surface area contributed by atoms with Crippen molar-refractivity contribution in [3.05, 3.63) is 34.4 Å². The highest BCUT2D eigenvalue weighted by molar-refractivity contribution is 9.10. The van der Waals surface area contributed by atoms with Crippen LogP contribution in [0.2, 0.25) is 0 Å². The summed E-state index contributed by atoms with van der Waals surface area (Å²) in [6.45, 7) is 1.84. The van der Waals surface area contributed by atoms with Crippen LogP contribution in [0.5, 0.6) is 0 Å². The van der Waals surface area contributed by atoms with Gasteiger partial charge in [0, 0.05) is 41.1 Å². The van der Waals surface area contributed by atoms with E-state index in [0.29, 0.717) is 5.92 Å². The third kappa shape index (κ3) is 2.57. The van der Waals surface area contributed by atoms with Gasteiger partial charge in [-0.25, -0.2) is 0 Å². The number of aryl methyl sites for hydroxylation is 1. The van der Waals surface area contributed by atoms with Crippen molar-refractivity contribution in [3.63, 3.8) is 0 Å². The van der Waals surface area contributed by atoms with E-state index in [2.05, 4.69) is 57.3 Å². The molecule has 19 heavy (non-hydrogen) atoms. The lowest BCUT2D eigenvalue weighted by molar-refractivity contribution is 0.0793. The van der Waals surface area contributed by atoms with Crippen LogP contribution in [0.4, 0.5) is 0 Å². The van der Waals surface area contributed by atoms with Gasteiger partial charge in [0.05, 0.1) is 6.10 Å². The van der Waals surface area contributed by atoms with Crippen molar-refractivity contribution in [2.24, 2.45) is 13.0 Å². The lowest BCUT2D eigenvalue weighted by Crippen LogP contribution is -2.40. The van der Waals surface area contributed by atoms with E-state index in [-0.39, 0.29) is 6.10 Å². The normalized spacial score (nSPS) is 23.9. The van der Waals surface area contributed by atoms with Crippen LogP contribution < -0.4 is 5.32 Å². The monoisotopic (exact) mass is 322 g/mol. The van der Waals surface area contributed by atoms with Crippen LogP contribution in [-0.4, -0.2) is 28.9 Å². The number of aromatic nitrogens is 1. The average Bonchev–Trinajstić information content (AvgIpc) is 2.69. The number of benzene rings is 1. The minimum absolute atomic E-state index is 0.174. The smallest absolute Gasteiger partial charge is 0.0595 e. The molecule has 0 amide bonds. The number of fused-ring (bicyclic) bond motifs is 1. The maximum absolute atomic E-state index is 10.1. The van der Waals surface area contributed by atoms with Crippen LogP contribution in [0.15, 0.2) is 28.9 Å². The van der Waals surface area contributed by atoms with E-state index in [1.54, 1.807) is 0 Å². The molecule has 2 N–H and O–H groups in total. The second kappa shape index (κ2) is 5.27. The Morgan fingerprint density at radius 2 is 2.32 bits per heavy atom. The van der Waals surface area contributed by atoms with Crippen molar-refractivity contribution in [1.82, 2.24) is 9.88 Å². The van der Waals surface area contributed by atoms with Gasteiger partial charge in [0.25, 0.3) is 0 Å². The summed E-state index contributed by atoms with van der Waals surface area (Å²) >= 11 is 3.52. The molecule has 4 heteroatoms. The molecule has 3 nitrogen and oxygen atoms in total. The lowest BCUT2D eigenvalue weighted by atomic mass is 9.90. The average molecular weight is 323 g/mol. The zero-order chi connectivity index (χ0) is 13.4. The Morgan fingerprint density at radius 3 is 3.11 bits per heavy atom. The van der Waals surface area contributed by atoms with Crippen LogP contribution in [-0.2, 0) is 13.5 Å². The zero-order valence-electron chi connectivity index (χ0n) is 11.1. The summed E-state index contributed by atoms with van der Waals surface area (Å²) < 4.78 is 3.27. The second-order valence-corrected chi connectivity index (χ2v) is 6.37. The Bertz CT molecular complexity index is 593. The molecule has 2 heterocycles. The van der Waals surface area contributed by atoms with Gasteiger partial charge < -0.3 is 15.0 Å². The summed E-state index contributed by atoms with van der Waals surface area (Å²) in [6.07, 6.45) is 3.82. The van der Waals surface area contributed by atoms with Gasteiger partial charge >= 0.3 is 0 Å². The molecule has 1 aliphatic rings. The van der Waals surface area contributed by atoms with Crippen molar-refractivity contribution in [2.45, 2.75) is 18.9 Å². The lowest BCUT2D eigenvalue weighted by Gasteiger charge is -2.28. The van der Waals surface area contributed by atoms with Gasteiger partial charge in [-0.15, -0.1) is 0 Å². The van der Waals surface area contributed by atoms with E-state index in [4.69, 9.17) is 0 Å². The zero-order valence-corrected chi connectivity index (χ0v) is 12.7. The predicted molar refractivity (Wildman–Crippen MR) is 81.3 cm³/mol. The number of halogens is 1. The Morgan fingerprint density at radius 1 is 1.47 bits per heavy atom. The van der Waals surface area contributed by atoms with E-state index in [0.717, 1.165) is 30.4 Å². The van der Waals surface area contributed by atoms with Gasteiger partial charge in [-0.1, -0.05) is 22.0 Å². The third-order valence-electron chi connectivity index (χ3n) is 4.08. The molecule has 1 aromatic carbocycles. The molecule has 2 aromatic rings. The summed E-state index contributed by atoms with van der Waals surface area (Å²) in [5.74, 6) is 0.322. The predicted octanol–water partition coefficient (Wildman–Crippen LogP) is 2.45. The fraction of sp³-hybridized carbons (Fsp3) is 0.467. The Labute approximate surface area is 121 Å². The summed E-state index contributed by atoms with van der Waals surface area (Å²) in [5.41, 5.74) is 2.57. The minimum Gasteiger partial charge on any atom is -0.393 e. The molecule has 2 atom stereocenters. The molecule has 1 aliphatic heterocycles. The second-order valence-electron chi connectivity index (χ2n) is 5.45. The molecule has 1 aromatic heterocycles. The van der Waals surface area contributed by atoms with E-state index in [1.807, 2.05) is 0 Å². The maximum atomic E-state index is 10.1. The Balaban J connectivity index is 1.92. The largest absolute Gasteiger partial charge is 0.393 e. The van der Waals surface area contributed by atoms with Crippen molar-refractivity contribution in [2.75, 3.05) is 13.1 Å². The number of piperidine rings is 1. The van der Waals surface area contributed by atoms with Gasteiger partial charge in [-0.05, 0) is 37.1 Å². The highest BCUT2D eigenvalue weighted by Crippen LogP contribution is 2.27. The van der Waals surface area contributed by atoms with Crippen molar-refractivity contribution < 1.29 is 5.11 Å². The first kappa shape index (κ1) is 13.2. The number of hydrogen-bond acceptors (Lipinski definition) is 2. The molecule has 102 valence electrons. The van der Waals surface area contributed by atoms with Crippen molar-refractivity contribution in [3.8, 4) is 0 Å². The molecular weight excluding hydrogens is 304 g/mol. The first-order valence-electron chi connectivity index (χ1n) is 6.77. The fourth-order valence-corrected chi connectivity index (χ4v) is 3.35. The van der Waals surface area contributed by atoms with Gasteiger partial charge in [0.15, 0.2) is 0 Å². The molecule has 1 saturated heterocycles. The van der Waals surface area contributed by atoms with Crippen molar-refractivity contribution >= 4 is 26.8 Å². The molecule has 0 bridgehead atoms. The molecule has 2 unspecified atom stereocenters. The molecular formula is C15H19BrN2O. The summed E-state index contributed by atoms with van der Waals surface area (Å²) in [6, 6.07) is 6.40. The number of aliphatic hydroxyl groups is 1. The first-order chi connectivity index (χ1) is 9.15. The minimum atomic E-state index is -0.174. The Kier molecular flexibility index (Phi) is 3.65. The summed E-state index contributed by atoms with van der Waals surface area (Å²) in [7, 11) is 2.08. The van der Waals surface area contributed by atoms with E-state index in [1.165, 1.54) is 16.5 Å². The van der Waals surface area contributed by atoms with E-state index < -0.39 is 0 Å². The molecule has 0 radical (unpaired) electrons. The molecule has 0 saturated carbocycles. The van der Waals surface area contributed by atoms with Gasteiger partial charge in [-0.2, -0.15) is 0 Å². The van der Waals surface area contributed by atoms with Crippen LogP contribution in [0.25, 0.3) is 10.9 Å². The van der Waals surface area contributed by atoms with Crippen LogP contribution >= 0.6 is 15.9 Å². The van der Waals surface area contributed by atoms with E-state index in [9.17, 15) is 5.11 Å². The van der Waals surface area contributed by atoms with Crippen LogP contribution in [0, 0.1) is 5.92 Å². The first-order valence-corrected chi connectivity index (χ1v) is 7.56. The number of aliphatic hydroxyl groups excluding tert-OH is 1. The van der Waals surface area contributed by atoms with E-state index >= 15 is 0 Å². The topological polar surface area (TPSA) is 37.2 Å². The standard InChI is InChI=1S/C15H19BrN2O/c1-18-9-11(6-10-8-17-5-4-15(10)19)13-3-2-12(16)7-14(13)18/h2-3,7,9-10,15,17,19H,4-6,8H2,1H3. The highest BCUT2D eigenvalue weighted by Gasteiger charge is 2.24. The molecule has 0 spiro atoms. The molecule has 0 aliphatic carbocycles. The maximum Gasteiger partial charge on any atom is 0.0595 e. The molecule has 3 rings (SSSR count). The number of nitrogens with zero attached hydrogens (tertiary/aromatic N) is 1. The van der Waals surface area contributed by atoms with Crippen LogP contribution in [0.1, 0.15) is 12.0 Å². The highest BCUT2D eigenvalue weighted by atomic mass is 79.9. The van der Waals surface area contributed by atoms with Crippen molar-refractivity contribution in [1.29, 1.82) is 0 Å². The third-order valence-corrected chi connectivity index (χ3v) is 4.58. The van der Waals surface area contributed by atoms with Gasteiger partial charge in [0.1, 0.15) is 0 Å². The Hall–Kier alpha value is -0.840. The summed E-state index contributed by atoms with van der Waals surface area (Å²) in [5, 5.41) is 14.8. The number of hydrogen-bond donors (Lipinski definition) is 2. The fourth-order valence-electron chi connectivity index (χ4n) is 3.00.